The van der Waals surface area contributed by atoms with Crippen molar-refractivity contribution in [1.29, 1.82) is 0 Å². The first-order chi connectivity index (χ1) is 13.2. The van der Waals surface area contributed by atoms with E-state index in [2.05, 4.69) is 4.90 Å². The molecule has 0 bridgehead atoms. The molecule has 2 aromatic carbocycles. The second kappa shape index (κ2) is 8.35. The molecule has 0 radical (unpaired) electrons. The fourth-order valence-corrected chi connectivity index (χ4v) is 4.60. The van der Waals surface area contributed by atoms with E-state index in [1.165, 1.54) is 32.1 Å². The van der Waals surface area contributed by atoms with Crippen LogP contribution in [0.1, 0.15) is 44.1 Å². The summed E-state index contributed by atoms with van der Waals surface area (Å²) >= 11 is 6.50. The van der Waals surface area contributed by atoms with Crippen molar-refractivity contribution in [2.45, 2.75) is 51.0 Å². The predicted octanol–water partition coefficient (Wildman–Crippen LogP) is 5.86. The van der Waals surface area contributed by atoms with Gasteiger partial charge in [-0.05, 0) is 55.5 Å². The molecule has 1 amide bonds. The first kappa shape index (κ1) is 18.4. The van der Waals surface area contributed by atoms with Gasteiger partial charge in [-0.15, -0.1) is 0 Å². The summed E-state index contributed by atoms with van der Waals surface area (Å²) in [5, 5.41) is 0.673. The summed E-state index contributed by atoms with van der Waals surface area (Å²) in [4.78, 5) is 15.0. The fraction of sp³-hybridized carbons (Fsp3) is 0.435. The molecule has 2 fully saturated rings. The molecule has 2 aliphatic rings. The smallest absolute Gasteiger partial charge is 0.226 e. The molecule has 0 spiro atoms. The maximum Gasteiger partial charge on any atom is 0.226 e. The summed E-state index contributed by atoms with van der Waals surface area (Å²) in [5.41, 5.74) is 1.03. The van der Waals surface area contributed by atoms with Gasteiger partial charge in [-0.1, -0.05) is 55.1 Å². The van der Waals surface area contributed by atoms with Crippen molar-refractivity contribution in [3.63, 3.8) is 0 Å². The standard InChI is InChI=1S/C23H26ClNO2/c24-22-16-21(27-20-9-5-2-6-10-20)12-11-17(22)15-18-13-14-25(23(18)26)19-7-3-1-4-8-19/h2,5-6,9-12,16,18-19H,1,3-4,7-8,13-15H2. The maximum absolute atomic E-state index is 12.9. The summed E-state index contributed by atoms with van der Waals surface area (Å²) in [6, 6.07) is 15.9. The molecule has 1 heterocycles. The monoisotopic (exact) mass is 383 g/mol. The summed E-state index contributed by atoms with van der Waals surface area (Å²) in [6.07, 6.45) is 7.83. The van der Waals surface area contributed by atoms with Crippen molar-refractivity contribution in [3.05, 3.63) is 59.1 Å². The Hall–Kier alpha value is -2.00. The van der Waals surface area contributed by atoms with Gasteiger partial charge in [-0.25, -0.2) is 0 Å². The lowest BCUT2D eigenvalue weighted by Gasteiger charge is -2.31. The molecule has 2 aromatic rings. The van der Waals surface area contributed by atoms with Crippen LogP contribution in [0.3, 0.4) is 0 Å². The minimum Gasteiger partial charge on any atom is -0.457 e. The molecular formula is C23H26ClNO2. The highest BCUT2D eigenvalue weighted by atomic mass is 35.5. The van der Waals surface area contributed by atoms with Gasteiger partial charge >= 0.3 is 0 Å². The van der Waals surface area contributed by atoms with E-state index in [0.29, 0.717) is 23.4 Å². The van der Waals surface area contributed by atoms with Gasteiger partial charge in [0.1, 0.15) is 11.5 Å². The third-order valence-electron chi connectivity index (χ3n) is 5.84. The van der Waals surface area contributed by atoms with Crippen molar-refractivity contribution in [2.24, 2.45) is 5.92 Å². The van der Waals surface area contributed by atoms with E-state index in [1.54, 1.807) is 0 Å². The number of para-hydroxylation sites is 1. The number of carbonyl (C=O) groups excluding carboxylic acids is 1. The number of nitrogens with zero attached hydrogens (tertiary/aromatic N) is 1. The van der Waals surface area contributed by atoms with Crippen LogP contribution in [0.5, 0.6) is 11.5 Å². The van der Waals surface area contributed by atoms with E-state index < -0.39 is 0 Å². The first-order valence-corrected chi connectivity index (χ1v) is 10.4. The third-order valence-corrected chi connectivity index (χ3v) is 6.19. The number of hydrogen-bond acceptors (Lipinski definition) is 2. The topological polar surface area (TPSA) is 29.5 Å². The zero-order chi connectivity index (χ0) is 18.6. The molecule has 3 nitrogen and oxygen atoms in total. The molecule has 1 unspecified atom stereocenters. The Balaban J connectivity index is 1.40. The number of hydrogen-bond donors (Lipinski definition) is 0. The second-order valence-electron chi connectivity index (χ2n) is 7.68. The van der Waals surface area contributed by atoms with Crippen LogP contribution in [-0.2, 0) is 11.2 Å². The average molecular weight is 384 g/mol. The quantitative estimate of drug-likeness (QED) is 0.647. The highest BCUT2D eigenvalue weighted by Crippen LogP contribution is 2.33. The highest BCUT2D eigenvalue weighted by molar-refractivity contribution is 6.31. The SMILES string of the molecule is O=C1C(Cc2ccc(Oc3ccccc3)cc2Cl)CCN1C1CCCCC1. The van der Waals surface area contributed by atoms with Crippen molar-refractivity contribution in [1.82, 2.24) is 4.90 Å². The number of carbonyl (C=O) groups is 1. The number of rotatable bonds is 5. The van der Waals surface area contributed by atoms with Crippen molar-refractivity contribution in [2.75, 3.05) is 6.54 Å². The van der Waals surface area contributed by atoms with Gasteiger partial charge in [0.15, 0.2) is 0 Å². The molecule has 1 saturated heterocycles. The summed E-state index contributed by atoms with van der Waals surface area (Å²) in [7, 11) is 0. The van der Waals surface area contributed by atoms with Crippen LogP contribution in [0.25, 0.3) is 0 Å². The van der Waals surface area contributed by atoms with Crippen LogP contribution in [-0.4, -0.2) is 23.4 Å². The van der Waals surface area contributed by atoms with E-state index in [1.807, 2.05) is 48.5 Å². The highest BCUT2D eigenvalue weighted by Gasteiger charge is 2.36. The van der Waals surface area contributed by atoms with Crippen molar-refractivity contribution >= 4 is 17.5 Å². The summed E-state index contributed by atoms with van der Waals surface area (Å²) in [5.74, 6) is 1.89. The molecule has 27 heavy (non-hydrogen) atoms. The lowest BCUT2D eigenvalue weighted by Crippen LogP contribution is -2.39. The summed E-state index contributed by atoms with van der Waals surface area (Å²) in [6.45, 7) is 0.904. The van der Waals surface area contributed by atoms with E-state index in [4.69, 9.17) is 16.3 Å². The largest absolute Gasteiger partial charge is 0.457 e. The normalized spacial score (nSPS) is 20.9. The van der Waals surface area contributed by atoms with Crippen LogP contribution >= 0.6 is 11.6 Å². The van der Waals surface area contributed by atoms with Crippen molar-refractivity contribution in [3.8, 4) is 11.5 Å². The fourth-order valence-electron chi connectivity index (χ4n) is 4.35. The zero-order valence-electron chi connectivity index (χ0n) is 15.6. The zero-order valence-corrected chi connectivity index (χ0v) is 16.3. The van der Waals surface area contributed by atoms with Crippen LogP contribution in [0.4, 0.5) is 0 Å². The molecule has 0 aromatic heterocycles. The molecule has 4 rings (SSSR count). The first-order valence-electron chi connectivity index (χ1n) is 10.0. The number of ether oxygens (including phenoxy) is 1. The van der Waals surface area contributed by atoms with Crippen LogP contribution in [0, 0.1) is 5.92 Å². The number of likely N-dealkylation sites (tertiary alicyclic amines) is 1. The average Bonchev–Trinajstić information content (AvgIpc) is 3.06. The lowest BCUT2D eigenvalue weighted by atomic mass is 9.94. The third kappa shape index (κ3) is 4.30. The molecule has 1 aliphatic carbocycles. The lowest BCUT2D eigenvalue weighted by molar-refractivity contribution is -0.133. The molecular weight excluding hydrogens is 358 g/mol. The van der Waals surface area contributed by atoms with Gasteiger partial charge in [-0.3, -0.25) is 4.79 Å². The van der Waals surface area contributed by atoms with Gasteiger partial charge < -0.3 is 9.64 Å². The molecule has 142 valence electrons. The molecule has 1 aliphatic heterocycles. The van der Waals surface area contributed by atoms with E-state index in [0.717, 1.165) is 30.0 Å². The Bertz CT molecular complexity index is 786. The Labute approximate surface area is 166 Å². The van der Waals surface area contributed by atoms with Crippen LogP contribution in [0.2, 0.25) is 5.02 Å². The molecule has 1 atom stereocenters. The maximum atomic E-state index is 12.9. The Morgan fingerprint density at radius 1 is 0.963 bits per heavy atom. The van der Waals surface area contributed by atoms with Gasteiger partial charge in [-0.2, -0.15) is 0 Å². The van der Waals surface area contributed by atoms with E-state index in [-0.39, 0.29) is 5.92 Å². The molecule has 0 N–H and O–H groups in total. The van der Waals surface area contributed by atoms with Gasteiger partial charge in [0.2, 0.25) is 5.91 Å². The number of benzene rings is 2. The molecule has 1 saturated carbocycles. The van der Waals surface area contributed by atoms with Gasteiger partial charge in [0.25, 0.3) is 0 Å². The Morgan fingerprint density at radius 2 is 1.74 bits per heavy atom. The van der Waals surface area contributed by atoms with E-state index >= 15 is 0 Å². The van der Waals surface area contributed by atoms with Gasteiger partial charge in [0, 0.05) is 23.5 Å². The van der Waals surface area contributed by atoms with E-state index in [9.17, 15) is 4.79 Å². The number of halogens is 1. The van der Waals surface area contributed by atoms with Gasteiger partial charge in [0.05, 0.1) is 0 Å². The minimum atomic E-state index is 0.0605. The second-order valence-corrected chi connectivity index (χ2v) is 8.09. The minimum absolute atomic E-state index is 0.0605. The molecule has 4 heteroatoms. The number of amides is 1. The van der Waals surface area contributed by atoms with Crippen molar-refractivity contribution < 1.29 is 9.53 Å². The Morgan fingerprint density at radius 3 is 2.48 bits per heavy atom. The van der Waals surface area contributed by atoms with Crippen LogP contribution in [0.15, 0.2) is 48.5 Å². The van der Waals surface area contributed by atoms with Crippen LogP contribution < -0.4 is 4.74 Å². The predicted molar refractivity (Wildman–Crippen MR) is 108 cm³/mol. The Kier molecular flexibility index (Phi) is 5.68. The summed E-state index contributed by atoms with van der Waals surface area (Å²) < 4.78 is 5.84.